The van der Waals surface area contributed by atoms with Gasteiger partial charge in [-0.15, -0.1) is 0 Å². The molecule has 0 aromatic heterocycles. The third kappa shape index (κ3) is 1.29. The molecule has 2 N–H and O–H groups in total. The molecule has 0 spiro atoms. The Morgan fingerprint density at radius 3 is 2.47 bits per heavy atom. The molecule has 102 valence electrons. The molecule has 0 aromatic rings. The van der Waals surface area contributed by atoms with Gasteiger partial charge < -0.3 is 10.2 Å². The summed E-state index contributed by atoms with van der Waals surface area (Å²) in [6, 6.07) is 0. The van der Waals surface area contributed by atoms with Crippen LogP contribution in [0, 0.1) is 23.2 Å². The van der Waals surface area contributed by atoms with E-state index in [0.717, 1.165) is 11.1 Å². The third-order valence-corrected chi connectivity index (χ3v) is 5.39. The van der Waals surface area contributed by atoms with Gasteiger partial charge in [-0.1, -0.05) is 18.2 Å². The first-order valence-corrected chi connectivity index (χ1v) is 6.76. The van der Waals surface area contributed by atoms with Crippen molar-refractivity contribution in [3.8, 4) is 0 Å². The molecule has 4 aliphatic carbocycles. The molecule has 3 heteroatoms. The van der Waals surface area contributed by atoms with Gasteiger partial charge in [-0.05, 0) is 38.8 Å². The van der Waals surface area contributed by atoms with Crippen LogP contribution < -0.4 is 0 Å². The highest BCUT2D eigenvalue weighted by molar-refractivity contribution is 5.97. The van der Waals surface area contributed by atoms with Crippen molar-refractivity contribution in [3.05, 3.63) is 35.1 Å². The van der Waals surface area contributed by atoms with Gasteiger partial charge in [0.2, 0.25) is 0 Å². The zero-order valence-electron chi connectivity index (χ0n) is 11.8. The van der Waals surface area contributed by atoms with Crippen molar-refractivity contribution >= 4 is 5.78 Å². The van der Waals surface area contributed by atoms with E-state index in [2.05, 4.69) is 0 Å². The number of rotatable bonds is 0. The summed E-state index contributed by atoms with van der Waals surface area (Å²) in [5, 5.41) is 20.7. The van der Waals surface area contributed by atoms with Crippen LogP contribution in [0.4, 0.5) is 0 Å². The quantitative estimate of drug-likeness (QED) is 0.658. The molecule has 0 amide bonds. The number of fused-ring (bicyclic) bond motifs is 1. The third-order valence-electron chi connectivity index (χ3n) is 5.39. The Morgan fingerprint density at radius 1 is 1.21 bits per heavy atom. The number of ketones is 1. The van der Waals surface area contributed by atoms with E-state index in [1.807, 2.05) is 39.0 Å². The summed E-state index contributed by atoms with van der Waals surface area (Å²) >= 11 is 0. The van der Waals surface area contributed by atoms with Crippen molar-refractivity contribution in [2.45, 2.75) is 33.3 Å². The molecule has 0 heterocycles. The van der Waals surface area contributed by atoms with Gasteiger partial charge in [-0.2, -0.15) is 0 Å². The lowest BCUT2D eigenvalue weighted by Crippen LogP contribution is -2.64. The Kier molecular flexibility index (Phi) is 2.27. The first-order chi connectivity index (χ1) is 8.71. The molecule has 0 aromatic carbocycles. The molecule has 0 saturated heterocycles. The highest BCUT2D eigenvalue weighted by Crippen LogP contribution is 2.58. The average molecular weight is 260 g/mol. The van der Waals surface area contributed by atoms with Crippen molar-refractivity contribution in [1.29, 1.82) is 0 Å². The maximum Gasteiger partial charge on any atom is 0.174 e. The molecule has 2 bridgehead atoms. The number of aliphatic hydroxyl groups is 2. The molecule has 3 nitrogen and oxygen atoms in total. The molecule has 0 unspecified atom stereocenters. The number of hydrogen-bond donors (Lipinski definition) is 2. The predicted molar refractivity (Wildman–Crippen MR) is 72.4 cm³/mol. The fourth-order valence-electron chi connectivity index (χ4n) is 4.22. The smallest absolute Gasteiger partial charge is 0.174 e. The van der Waals surface area contributed by atoms with Crippen LogP contribution in [-0.2, 0) is 4.79 Å². The normalized spacial score (nSPS) is 48.4. The zero-order valence-corrected chi connectivity index (χ0v) is 11.8. The van der Waals surface area contributed by atoms with Gasteiger partial charge in [0.15, 0.2) is 5.78 Å². The molecule has 4 rings (SSSR count). The second-order valence-electron chi connectivity index (χ2n) is 6.58. The summed E-state index contributed by atoms with van der Waals surface area (Å²) in [5.74, 6) is -0.00288. The number of hydrogen-bond acceptors (Lipinski definition) is 3. The molecule has 5 atom stereocenters. The van der Waals surface area contributed by atoms with Gasteiger partial charge in [-0.3, -0.25) is 4.79 Å². The largest absolute Gasteiger partial charge is 0.508 e. The molecule has 1 saturated carbocycles. The molecule has 0 radical (unpaired) electrons. The standard InChI is InChI=1S/C16H20O3/c1-8-7-11-12(9(2)13(8)17)10-5-6-15(11,3)14(18)16(10,4)19/h5-7,10-12,17,19H,1-4H3/t10-,11-,12+,15-,16-/m0/s1. The van der Waals surface area contributed by atoms with Gasteiger partial charge in [0.1, 0.15) is 11.4 Å². The number of carbonyl (C=O) groups is 1. The van der Waals surface area contributed by atoms with Crippen molar-refractivity contribution in [1.82, 2.24) is 0 Å². The Labute approximate surface area is 113 Å². The fraction of sp³-hybridized carbons (Fsp3) is 0.562. The average Bonchev–Trinajstić information content (AvgIpc) is 2.34. The van der Waals surface area contributed by atoms with Crippen molar-refractivity contribution in [2.24, 2.45) is 23.2 Å². The predicted octanol–water partition coefficient (Wildman–Crippen LogP) is 2.54. The van der Waals surface area contributed by atoms with Crippen molar-refractivity contribution in [2.75, 3.05) is 0 Å². The van der Waals surface area contributed by atoms with Crippen LogP contribution in [-0.4, -0.2) is 21.6 Å². The maximum absolute atomic E-state index is 12.6. The summed E-state index contributed by atoms with van der Waals surface area (Å²) in [7, 11) is 0. The summed E-state index contributed by atoms with van der Waals surface area (Å²) in [5.41, 5.74) is -0.302. The van der Waals surface area contributed by atoms with Crippen LogP contribution in [0.15, 0.2) is 35.1 Å². The van der Waals surface area contributed by atoms with Crippen molar-refractivity contribution < 1.29 is 15.0 Å². The van der Waals surface area contributed by atoms with Crippen LogP contribution in [0.1, 0.15) is 27.7 Å². The summed E-state index contributed by atoms with van der Waals surface area (Å²) in [4.78, 5) is 12.6. The first-order valence-electron chi connectivity index (χ1n) is 6.76. The van der Waals surface area contributed by atoms with Gasteiger partial charge in [0.25, 0.3) is 0 Å². The minimum Gasteiger partial charge on any atom is -0.508 e. The van der Waals surface area contributed by atoms with E-state index in [9.17, 15) is 15.0 Å². The number of allylic oxidation sites excluding steroid dienone is 4. The topological polar surface area (TPSA) is 57.5 Å². The Morgan fingerprint density at radius 2 is 1.84 bits per heavy atom. The monoisotopic (exact) mass is 260 g/mol. The van der Waals surface area contributed by atoms with Crippen molar-refractivity contribution in [3.63, 3.8) is 0 Å². The Balaban J connectivity index is 2.24. The zero-order chi connectivity index (χ0) is 14.2. The van der Waals surface area contributed by atoms with E-state index in [1.165, 1.54) is 0 Å². The van der Waals surface area contributed by atoms with Crippen LogP contribution in [0.5, 0.6) is 0 Å². The van der Waals surface area contributed by atoms with E-state index >= 15 is 0 Å². The molecular formula is C16H20O3. The van der Waals surface area contributed by atoms with Gasteiger partial charge in [0, 0.05) is 17.8 Å². The second-order valence-corrected chi connectivity index (χ2v) is 6.58. The number of aliphatic hydroxyl groups excluding tert-OH is 1. The second kappa shape index (κ2) is 3.40. The van der Waals surface area contributed by atoms with Crippen LogP contribution in [0.3, 0.4) is 0 Å². The number of carbonyl (C=O) groups excluding carboxylic acids is 1. The Hall–Kier alpha value is -1.35. The SMILES string of the molecule is CC1=C[C@H]2[C@H](C(C)=C1O)[C@@H]1C=C[C@]2(C)C(=O)[C@@]1(C)O. The highest BCUT2D eigenvalue weighted by atomic mass is 16.3. The minimum absolute atomic E-state index is 0.00593. The van der Waals surface area contributed by atoms with E-state index in [-0.39, 0.29) is 23.5 Å². The van der Waals surface area contributed by atoms with E-state index in [1.54, 1.807) is 6.92 Å². The van der Waals surface area contributed by atoms with Crippen LogP contribution in [0.25, 0.3) is 0 Å². The molecule has 0 aliphatic heterocycles. The molecular weight excluding hydrogens is 240 g/mol. The molecule has 1 fully saturated rings. The van der Waals surface area contributed by atoms with E-state index < -0.39 is 11.0 Å². The Bertz CT molecular complexity index is 565. The van der Waals surface area contributed by atoms with Gasteiger partial charge in [-0.25, -0.2) is 0 Å². The lowest BCUT2D eigenvalue weighted by molar-refractivity contribution is -0.163. The van der Waals surface area contributed by atoms with E-state index in [4.69, 9.17) is 0 Å². The first kappa shape index (κ1) is 12.7. The van der Waals surface area contributed by atoms with Crippen LogP contribution >= 0.6 is 0 Å². The van der Waals surface area contributed by atoms with E-state index in [0.29, 0.717) is 5.76 Å². The fourth-order valence-corrected chi connectivity index (χ4v) is 4.22. The lowest BCUT2D eigenvalue weighted by Gasteiger charge is -2.56. The number of Topliss-reactive ketones (excluding diaryl/α,β-unsaturated/α-hetero) is 1. The summed E-state index contributed by atoms with van der Waals surface area (Å²) < 4.78 is 0. The minimum atomic E-state index is -1.34. The summed E-state index contributed by atoms with van der Waals surface area (Å²) in [6.45, 7) is 7.27. The van der Waals surface area contributed by atoms with Gasteiger partial charge >= 0.3 is 0 Å². The highest BCUT2D eigenvalue weighted by Gasteiger charge is 2.63. The maximum atomic E-state index is 12.6. The molecule has 19 heavy (non-hydrogen) atoms. The van der Waals surface area contributed by atoms with Crippen LogP contribution in [0.2, 0.25) is 0 Å². The lowest BCUT2D eigenvalue weighted by atomic mass is 9.47. The molecule has 4 aliphatic rings. The summed E-state index contributed by atoms with van der Waals surface area (Å²) in [6.07, 6.45) is 5.89. The van der Waals surface area contributed by atoms with Gasteiger partial charge in [0.05, 0.1) is 5.41 Å².